The van der Waals surface area contributed by atoms with Gasteiger partial charge in [0, 0.05) is 17.7 Å². The van der Waals surface area contributed by atoms with Crippen LogP contribution in [0.1, 0.15) is 15.9 Å². The summed E-state index contributed by atoms with van der Waals surface area (Å²) >= 11 is 5.71. The van der Waals surface area contributed by atoms with Gasteiger partial charge in [-0.1, -0.05) is 17.7 Å². The van der Waals surface area contributed by atoms with Crippen molar-refractivity contribution in [1.29, 1.82) is 0 Å². The van der Waals surface area contributed by atoms with Gasteiger partial charge in [0.1, 0.15) is 0 Å². The SMILES string of the molecule is O=C(/C=C/c1cc(O)c(O)c(Cl)c1)c1ccc([N+](=O)[O-])cc1. The first-order valence-electron chi connectivity index (χ1n) is 6.07. The Labute approximate surface area is 130 Å². The maximum absolute atomic E-state index is 11.9. The number of nitrogens with zero attached hydrogens (tertiary/aromatic N) is 1. The number of phenolic OH excluding ortho intramolecular Hbond substituents is 2. The highest BCUT2D eigenvalue weighted by atomic mass is 35.5. The van der Waals surface area contributed by atoms with E-state index in [-0.39, 0.29) is 22.1 Å². The summed E-state index contributed by atoms with van der Waals surface area (Å²) < 4.78 is 0. The Bertz CT molecular complexity index is 745. The Morgan fingerprint density at radius 1 is 1.18 bits per heavy atom. The lowest BCUT2D eigenvalue weighted by Crippen LogP contribution is -1.95. The number of rotatable bonds is 4. The molecule has 7 heteroatoms. The van der Waals surface area contributed by atoms with Crippen molar-refractivity contribution in [2.75, 3.05) is 0 Å². The minimum Gasteiger partial charge on any atom is -0.504 e. The average Bonchev–Trinajstić information content (AvgIpc) is 2.50. The van der Waals surface area contributed by atoms with Crippen LogP contribution in [0.5, 0.6) is 11.5 Å². The fourth-order valence-corrected chi connectivity index (χ4v) is 1.94. The molecule has 0 aromatic heterocycles. The molecule has 22 heavy (non-hydrogen) atoms. The van der Waals surface area contributed by atoms with Crippen LogP contribution in [-0.2, 0) is 0 Å². The third-order valence-corrected chi connectivity index (χ3v) is 3.14. The Morgan fingerprint density at radius 2 is 1.82 bits per heavy atom. The minimum absolute atomic E-state index is 0.0394. The van der Waals surface area contributed by atoms with E-state index in [2.05, 4.69) is 0 Å². The molecule has 0 bridgehead atoms. The van der Waals surface area contributed by atoms with E-state index in [4.69, 9.17) is 11.6 Å². The highest BCUT2D eigenvalue weighted by Crippen LogP contribution is 2.34. The van der Waals surface area contributed by atoms with Crippen molar-refractivity contribution >= 4 is 29.1 Å². The lowest BCUT2D eigenvalue weighted by molar-refractivity contribution is -0.384. The summed E-state index contributed by atoms with van der Waals surface area (Å²) in [5.74, 6) is -1.19. The van der Waals surface area contributed by atoms with Crippen LogP contribution in [0.4, 0.5) is 5.69 Å². The smallest absolute Gasteiger partial charge is 0.269 e. The monoisotopic (exact) mass is 319 g/mol. The van der Waals surface area contributed by atoms with Gasteiger partial charge in [0.15, 0.2) is 17.3 Å². The fourth-order valence-electron chi connectivity index (χ4n) is 1.72. The standard InChI is InChI=1S/C15H10ClNO5/c16-12-7-9(8-14(19)15(12)20)1-6-13(18)10-2-4-11(5-3-10)17(21)22/h1-8,19-20H/b6-1+. The molecule has 0 radical (unpaired) electrons. The van der Waals surface area contributed by atoms with E-state index in [9.17, 15) is 25.1 Å². The van der Waals surface area contributed by atoms with E-state index in [1.54, 1.807) is 0 Å². The number of nitro benzene ring substituents is 1. The maximum atomic E-state index is 11.9. The molecule has 0 aliphatic heterocycles. The first-order chi connectivity index (χ1) is 10.4. The largest absolute Gasteiger partial charge is 0.504 e. The van der Waals surface area contributed by atoms with Gasteiger partial charge in [-0.15, -0.1) is 0 Å². The second kappa shape index (κ2) is 6.28. The number of nitro groups is 1. The van der Waals surface area contributed by atoms with Crippen molar-refractivity contribution in [1.82, 2.24) is 0 Å². The van der Waals surface area contributed by atoms with Gasteiger partial charge in [0.25, 0.3) is 5.69 Å². The lowest BCUT2D eigenvalue weighted by atomic mass is 10.1. The Hall–Kier alpha value is -2.86. The van der Waals surface area contributed by atoms with Gasteiger partial charge in [-0.25, -0.2) is 0 Å². The van der Waals surface area contributed by atoms with Gasteiger partial charge < -0.3 is 10.2 Å². The van der Waals surface area contributed by atoms with Crippen LogP contribution >= 0.6 is 11.6 Å². The molecular formula is C15H10ClNO5. The van der Waals surface area contributed by atoms with Crippen LogP contribution in [0.2, 0.25) is 5.02 Å². The third-order valence-electron chi connectivity index (χ3n) is 2.86. The van der Waals surface area contributed by atoms with Crippen molar-refractivity contribution in [3.05, 3.63) is 68.7 Å². The maximum Gasteiger partial charge on any atom is 0.269 e. The van der Waals surface area contributed by atoms with Gasteiger partial charge in [-0.3, -0.25) is 14.9 Å². The van der Waals surface area contributed by atoms with E-state index < -0.39 is 16.4 Å². The Morgan fingerprint density at radius 3 is 2.36 bits per heavy atom. The summed E-state index contributed by atoms with van der Waals surface area (Å²) in [5, 5.41) is 29.3. The summed E-state index contributed by atoms with van der Waals surface area (Å²) in [6.45, 7) is 0. The lowest BCUT2D eigenvalue weighted by Gasteiger charge is -2.02. The summed E-state index contributed by atoms with van der Waals surface area (Å²) in [7, 11) is 0. The number of carbonyl (C=O) groups excluding carboxylic acids is 1. The van der Waals surface area contributed by atoms with Crippen LogP contribution in [0, 0.1) is 10.1 Å². The summed E-state index contributed by atoms with van der Waals surface area (Å²) in [6, 6.07) is 7.82. The number of non-ortho nitro benzene ring substituents is 1. The second-order valence-corrected chi connectivity index (χ2v) is 4.78. The number of phenols is 2. The molecule has 0 saturated heterocycles. The summed E-state index contributed by atoms with van der Waals surface area (Å²) in [6.07, 6.45) is 2.65. The molecule has 2 aromatic carbocycles. The number of carbonyl (C=O) groups is 1. The summed E-state index contributed by atoms with van der Waals surface area (Å²) in [4.78, 5) is 21.9. The average molecular weight is 320 g/mol. The van der Waals surface area contributed by atoms with Gasteiger partial charge in [0.05, 0.1) is 9.95 Å². The van der Waals surface area contributed by atoms with Crippen molar-refractivity contribution in [3.63, 3.8) is 0 Å². The number of allylic oxidation sites excluding steroid dienone is 1. The second-order valence-electron chi connectivity index (χ2n) is 4.37. The molecule has 0 unspecified atom stereocenters. The first-order valence-corrected chi connectivity index (χ1v) is 6.44. The zero-order valence-corrected chi connectivity index (χ0v) is 11.8. The molecule has 112 valence electrons. The van der Waals surface area contributed by atoms with Crippen LogP contribution in [0.3, 0.4) is 0 Å². The number of hydrogen-bond acceptors (Lipinski definition) is 5. The number of hydrogen-bond donors (Lipinski definition) is 2. The highest BCUT2D eigenvalue weighted by Gasteiger charge is 2.08. The number of ketones is 1. The molecule has 0 spiro atoms. The van der Waals surface area contributed by atoms with Crippen LogP contribution < -0.4 is 0 Å². The summed E-state index contributed by atoms with van der Waals surface area (Å²) in [5.41, 5.74) is 0.613. The van der Waals surface area contributed by atoms with Crippen LogP contribution in [0.15, 0.2) is 42.5 Å². The molecule has 2 aromatic rings. The molecule has 0 fully saturated rings. The van der Waals surface area contributed by atoms with E-state index in [1.807, 2.05) is 0 Å². The highest BCUT2D eigenvalue weighted by molar-refractivity contribution is 6.32. The third kappa shape index (κ3) is 3.42. The Kier molecular flexibility index (Phi) is 4.43. The predicted molar refractivity (Wildman–Crippen MR) is 81.2 cm³/mol. The molecule has 0 aliphatic rings. The number of aromatic hydroxyl groups is 2. The van der Waals surface area contributed by atoms with Crippen molar-refractivity contribution in [2.45, 2.75) is 0 Å². The van der Waals surface area contributed by atoms with E-state index in [0.717, 1.165) is 0 Å². The zero-order valence-electron chi connectivity index (χ0n) is 11.1. The molecule has 2 rings (SSSR count). The van der Waals surface area contributed by atoms with E-state index >= 15 is 0 Å². The molecule has 6 nitrogen and oxygen atoms in total. The normalized spacial score (nSPS) is 10.8. The molecule has 0 amide bonds. The molecular weight excluding hydrogens is 310 g/mol. The number of benzene rings is 2. The minimum atomic E-state index is -0.550. The molecule has 0 heterocycles. The van der Waals surface area contributed by atoms with Crippen molar-refractivity contribution in [2.24, 2.45) is 0 Å². The van der Waals surface area contributed by atoms with Gasteiger partial charge in [0.2, 0.25) is 0 Å². The van der Waals surface area contributed by atoms with E-state index in [0.29, 0.717) is 5.56 Å². The molecule has 0 atom stereocenters. The van der Waals surface area contributed by atoms with Crippen LogP contribution in [-0.4, -0.2) is 20.9 Å². The quantitative estimate of drug-likeness (QED) is 0.295. The van der Waals surface area contributed by atoms with Crippen molar-refractivity contribution < 1.29 is 19.9 Å². The fraction of sp³-hybridized carbons (Fsp3) is 0. The van der Waals surface area contributed by atoms with Crippen molar-refractivity contribution in [3.8, 4) is 11.5 Å². The Balaban J connectivity index is 2.19. The molecule has 2 N–H and O–H groups in total. The molecule has 0 aliphatic carbocycles. The van der Waals surface area contributed by atoms with Crippen LogP contribution in [0.25, 0.3) is 6.08 Å². The predicted octanol–water partition coefficient (Wildman–Crippen LogP) is 3.56. The van der Waals surface area contributed by atoms with Gasteiger partial charge in [-0.2, -0.15) is 0 Å². The first kappa shape index (κ1) is 15.5. The van der Waals surface area contributed by atoms with Gasteiger partial charge >= 0.3 is 0 Å². The van der Waals surface area contributed by atoms with E-state index in [1.165, 1.54) is 48.6 Å². The topological polar surface area (TPSA) is 101 Å². The molecule has 0 saturated carbocycles. The number of halogens is 1. The van der Waals surface area contributed by atoms with Gasteiger partial charge in [-0.05, 0) is 35.9 Å². The zero-order chi connectivity index (χ0) is 16.3.